The lowest BCUT2D eigenvalue weighted by Gasteiger charge is -2.05. The SMILES string of the molecule is NCc1ccc2c(c1)C(Cc1ccccc1)=NC2=O. The summed E-state index contributed by atoms with van der Waals surface area (Å²) in [5, 5.41) is 0. The first-order chi connectivity index (χ1) is 9.28. The molecular weight excluding hydrogens is 236 g/mol. The van der Waals surface area contributed by atoms with Crippen molar-refractivity contribution in [3.05, 3.63) is 70.8 Å². The molecule has 0 fully saturated rings. The van der Waals surface area contributed by atoms with Gasteiger partial charge >= 0.3 is 0 Å². The van der Waals surface area contributed by atoms with Crippen molar-refractivity contribution in [2.45, 2.75) is 13.0 Å². The van der Waals surface area contributed by atoms with Crippen LogP contribution in [-0.4, -0.2) is 11.6 Å². The van der Waals surface area contributed by atoms with Gasteiger partial charge in [0.1, 0.15) is 0 Å². The predicted octanol–water partition coefficient (Wildman–Crippen LogP) is 2.33. The predicted molar refractivity (Wildman–Crippen MR) is 75.3 cm³/mol. The van der Waals surface area contributed by atoms with E-state index in [4.69, 9.17) is 5.73 Å². The number of benzene rings is 2. The number of nitrogens with zero attached hydrogens (tertiary/aromatic N) is 1. The largest absolute Gasteiger partial charge is 0.326 e. The molecule has 2 aromatic rings. The molecule has 0 saturated heterocycles. The third kappa shape index (κ3) is 2.20. The van der Waals surface area contributed by atoms with E-state index < -0.39 is 0 Å². The monoisotopic (exact) mass is 250 g/mol. The standard InChI is InChI=1S/C16H14N2O/c17-10-12-6-7-13-14(8-12)15(18-16(13)19)9-11-4-2-1-3-5-11/h1-8H,9-10,17H2. The third-order valence-electron chi connectivity index (χ3n) is 3.31. The normalized spacial score (nSPS) is 13.3. The van der Waals surface area contributed by atoms with E-state index in [1.54, 1.807) is 0 Å². The first-order valence-electron chi connectivity index (χ1n) is 6.27. The number of hydrogen-bond donors (Lipinski definition) is 1. The van der Waals surface area contributed by atoms with Gasteiger partial charge < -0.3 is 5.73 Å². The Balaban J connectivity index is 1.97. The van der Waals surface area contributed by atoms with Crippen molar-refractivity contribution in [1.29, 1.82) is 0 Å². The number of hydrogen-bond acceptors (Lipinski definition) is 2. The molecule has 3 nitrogen and oxygen atoms in total. The van der Waals surface area contributed by atoms with E-state index in [2.05, 4.69) is 4.99 Å². The third-order valence-corrected chi connectivity index (χ3v) is 3.31. The average Bonchev–Trinajstić information content (AvgIpc) is 2.76. The molecule has 1 heterocycles. The van der Waals surface area contributed by atoms with Crippen molar-refractivity contribution in [2.24, 2.45) is 10.7 Å². The molecule has 2 aromatic carbocycles. The van der Waals surface area contributed by atoms with Crippen LogP contribution < -0.4 is 5.73 Å². The highest BCUT2D eigenvalue weighted by Gasteiger charge is 2.23. The molecule has 1 aliphatic heterocycles. The summed E-state index contributed by atoms with van der Waals surface area (Å²) in [6, 6.07) is 15.7. The maximum Gasteiger partial charge on any atom is 0.277 e. The van der Waals surface area contributed by atoms with Crippen molar-refractivity contribution < 1.29 is 4.79 Å². The van der Waals surface area contributed by atoms with E-state index in [0.29, 0.717) is 18.5 Å². The van der Waals surface area contributed by atoms with E-state index >= 15 is 0 Å². The van der Waals surface area contributed by atoms with Crippen LogP contribution in [0.15, 0.2) is 53.5 Å². The zero-order valence-corrected chi connectivity index (χ0v) is 10.5. The molecule has 0 atom stereocenters. The molecule has 0 spiro atoms. The molecule has 0 saturated carbocycles. The van der Waals surface area contributed by atoms with E-state index in [0.717, 1.165) is 22.4 Å². The number of fused-ring (bicyclic) bond motifs is 1. The highest BCUT2D eigenvalue weighted by atomic mass is 16.1. The Morgan fingerprint density at radius 1 is 0.947 bits per heavy atom. The molecule has 1 amide bonds. The van der Waals surface area contributed by atoms with Gasteiger partial charge in [-0.25, -0.2) is 4.99 Å². The van der Waals surface area contributed by atoms with Crippen LogP contribution in [0.3, 0.4) is 0 Å². The fourth-order valence-corrected chi connectivity index (χ4v) is 2.31. The van der Waals surface area contributed by atoms with Crippen LogP contribution in [0.5, 0.6) is 0 Å². The molecule has 1 aliphatic rings. The van der Waals surface area contributed by atoms with E-state index in [1.165, 1.54) is 0 Å². The van der Waals surface area contributed by atoms with Crippen LogP contribution in [0.1, 0.15) is 27.0 Å². The van der Waals surface area contributed by atoms with Gasteiger partial charge in [-0.05, 0) is 23.3 Å². The number of carbonyl (C=O) groups excluding carboxylic acids is 1. The minimum absolute atomic E-state index is 0.149. The second-order valence-corrected chi connectivity index (χ2v) is 4.61. The minimum atomic E-state index is -0.149. The maximum atomic E-state index is 11.8. The van der Waals surface area contributed by atoms with Crippen molar-refractivity contribution in [3.8, 4) is 0 Å². The minimum Gasteiger partial charge on any atom is -0.326 e. The zero-order valence-electron chi connectivity index (χ0n) is 10.5. The Morgan fingerprint density at radius 3 is 2.47 bits per heavy atom. The van der Waals surface area contributed by atoms with Gasteiger partial charge in [-0.1, -0.05) is 36.4 Å². The number of amides is 1. The lowest BCUT2D eigenvalue weighted by molar-refractivity contribution is 0.101. The first-order valence-corrected chi connectivity index (χ1v) is 6.27. The van der Waals surface area contributed by atoms with Crippen molar-refractivity contribution in [3.63, 3.8) is 0 Å². The summed E-state index contributed by atoms with van der Waals surface area (Å²) >= 11 is 0. The number of aliphatic imine (C=N–C) groups is 1. The molecule has 0 aliphatic carbocycles. The summed E-state index contributed by atoms with van der Waals surface area (Å²) in [5.41, 5.74) is 10.3. The quantitative estimate of drug-likeness (QED) is 0.909. The Labute approximate surface area is 111 Å². The Morgan fingerprint density at radius 2 is 1.74 bits per heavy atom. The second kappa shape index (κ2) is 4.78. The van der Waals surface area contributed by atoms with Crippen LogP contribution in [-0.2, 0) is 13.0 Å². The fraction of sp³-hybridized carbons (Fsp3) is 0.125. The van der Waals surface area contributed by atoms with Gasteiger partial charge in [0.15, 0.2) is 0 Å². The van der Waals surface area contributed by atoms with Crippen molar-refractivity contribution >= 4 is 11.6 Å². The van der Waals surface area contributed by atoms with Gasteiger partial charge in [-0.15, -0.1) is 0 Å². The lowest BCUT2D eigenvalue weighted by atomic mass is 9.98. The van der Waals surface area contributed by atoms with E-state index in [1.807, 2.05) is 48.5 Å². The Kier molecular flexibility index (Phi) is 2.97. The van der Waals surface area contributed by atoms with Crippen LogP contribution in [0.25, 0.3) is 0 Å². The molecule has 94 valence electrons. The summed E-state index contributed by atoms with van der Waals surface area (Å²) in [7, 11) is 0. The first kappa shape index (κ1) is 11.8. The topological polar surface area (TPSA) is 55.4 Å². The molecule has 2 N–H and O–H groups in total. The fourth-order valence-electron chi connectivity index (χ4n) is 2.31. The van der Waals surface area contributed by atoms with Crippen LogP contribution in [0, 0.1) is 0 Å². The molecule has 0 bridgehead atoms. The van der Waals surface area contributed by atoms with E-state index in [9.17, 15) is 4.79 Å². The lowest BCUT2D eigenvalue weighted by Crippen LogP contribution is -2.05. The van der Waals surface area contributed by atoms with Gasteiger partial charge in [0.05, 0.1) is 11.3 Å². The smallest absolute Gasteiger partial charge is 0.277 e. The van der Waals surface area contributed by atoms with Crippen LogP contribution in [0.4, 0.5) is 0 Å². The van der Waals surface area contributed by atoms with Gasteiger partial charge in [0.25, 0.3) is 5.91 Å². The van der Waals surface area contributed by atoms with Gasteiger partial charge in [-0.3, -0.25) is 4.79 Å². The molecule has 19 heavy (non-hydrogen) atoms. The Hall–Kier alpha value is -2.26. The molecule has 0 radical (unpaired) electrons. The summed E-state index contributed by atoms with van der Waals surface area (Å²) < 4.78 is 0. The van der Waals surface area contributed by atoms with Gasteiger partial charge in [0, 0.05) is 18.5 Å². The van der Waals surface area contributed by atoms with Crippen molar-refractivity contribution in [2.75, 3.05) is 0 Å². The number of nitrogens with two attached hydrogens (primary N) is 1. The van der Waals surface area contributed by atoms with E-state index in [-0.39, 0.29) is 5.91 Å². The maximum absolute atomic E-state index is 11.8. The number of rotatable bonds is 3. The summed E-state index contributed by atoms with van der Waals surface area (Å²) in [6.45, 7) is 0.472. The second-order valence-electron chi connectivity index (χ2n) is 4.61. The molecule has 3 heteroatoms. The molecule has 0 aromatic heterocycles. The summed E-state index contributed by atoms with van der Waals surface area (Å²) in [4.78, 5) is 16.0. The van der Waals surface area contributed by atoms with Crippen LogP contribution >= 0.6 is 0 Å². The average molecular weight is 250 g/mol. The van der Waals surface area contributed by atoms with Gasteiger partial charge in [-0.2, -0.15) is 0 Å². The van der Waals surface area contributed by atoms with Crippen LogP contribution in [0.2, 0.25) is 0 Å². The Bertz CT molecular complexity index is 660. The summed E-state index contributed by atoms with van der Waals surface area (Å²) in [6.07, 6.45) is 0.674. The highest BCUT2D eigenvalue weighted by molar-refractivity contribution is 6.21. The highest BCUT2D eigenvalue weighted by Crippen LogP contribution is 2.22. The molecule has 3 rings (SSSR count). The summed E-state index contributed by atoms with van der Waals surface area (Å²) in [5.74, 6) is -0.149. The molecular formula is C16H14N2O. The zero-order chi connectivity index (χ0) is 13.2. The number of carbonyl (C=O) groups is 1. The van der Waals surface area contributed by atoms with Crippen molar-refractivity contribution in [1.82, 2.24) is 0 Å². The molecule has 0 unspecified atom stereocenters. The van der Waals surface area contributed by atoms with Gasteiger partial charge in [0.2, 0.25) is 0 Å².